The molecular formula is C15H18ClN3S. The highest BCUT2D eigenvalue weighted by Gasteiger charge is 2.30. The Labute approximate surface area is 128 Å². The van der Waals surface area contributed by atoms with Gasteiger partial charge in [0.05, 0.1) is 5.02 Å². The monoisotopic (exact) mass is 307 g/mol. The molecule has 1 aliphatic rings. The predicted octanol–water partition coefficient (Wildman–Crippen LogP) is 3.68. The topological polar surface area (TPSA) is 28.2 Å². The molecule has 20 heavy (non-hydrogen) atoms. The van der Waals surface area contributed by atoms with Crippen LogP contribution in [0.1, 0.15) is 24.0 Å². The molecule has 1 fully saturated rings. The average Bonchev–Trinajstić information content (AvgIpc) is 3.16. The number of hydrogen-bond acceptors (Lipinski definition) is 4. The third-order valence-corrected chi connectivity index (χ3v) is 4.57. The van der Waals surface area contributed by atoms with E-state index in [0.717, 1.165) is 29.5 Å². The van der Waals surface area contributed by atoms with Crippen LogP contribution in [-0.4, -0.2) is 18.1 Å². The van der Waals surface area contributed by atoms with Crippen LogP contribution in [0.4, 0.5) is 5.82 Å². The van der Waals surface area contributed by atoms with Gasteiger partial charge in [-0.05, 0) is 53.9 Å². The van der Waals surface area contributed by atoms with Crippen molar-refractivity contribution in [2.24, 2.45) is 0 Å². The first-order valence-electron chi connectivity index (χ1n) is 6.84. The largest absolute Gasteiger partial charge is 0.349 e. The van der Waals surface area contributed by atoms with Gasteiger partial charge in [-0.2, -0.15) is 11.3 Å². The Morgan fingerprint density at radius 1 is 1.50 bits per heavy atom. The second kappa shape index (κ2) is 6.12. The molecule has 0 radical (unpaired) electrons. The molecule has 0 bridgehead atoms. The van der Waals surface area contributed by atoms with Crippen LogP contribution >= 0.6 is 22.9 Å². The molecule has 3 nitrogen and oxygen atoms in total. The van der Waals surface area contributed by atoms with Gasteiger partial charge >= 0.3 is 0 Å². The first kappa shape index (κ1) is 13.9. The van der Waals surface area contributed by atoms with E-state index >= 15 is 0 Å². The van der Waals surface area contributed by atoms with Crippen molar-refractivity contribution in [2.75, 3.05) is 11.9 Å². The number of nitrogens with zero attached hydrogens (tertiary/aromatic N) is 2. The maximum absolute atomic E-state index is 6.20. The van der Waals surface area contributed by atoms with Gasteiger partial charge in [0, 0.05) is 25.3 Å². The lowest BCUT2D eigenvalue weighted by atomic mass is 10.2. The van der Waals surface area contributed by atoms with E-state index in [1.165, 1.54) is 18.4 Å². The summed E-state index contributed by atoms with van der Waals surface area (Å²) >= 11 is 7.94. The van der Waals surface area contributed by atoms with Crippen LogP contribution in [0.25, 0.3) is 0 Å². The molecule has 0 spiro atoms. The van der Waals surface area contributed by atoms with E-state index in [4.69, 9.17) is 11.6 Å². The number of hydrogen-bond donors (Lipinski definition) is 1. The number of anilines is 1. The second-order valence-corrected chi connectivity index (χ2v) is 6.34. The zero-order chi connectivity index (χ0) is 13.9. The number of nitrogens with one attached hydrogen (secondary N) is 1. The van der Waals surface area contributed by atoms with Crippen molar-refractivity contribution < 1.29 is 0 Å². The van der Waals surface area contributed by atoms with Crippen molar-refractivity contribution >= 4 is 28.8 Å². The lowest BCUT2D eigenvalue weighted by Crippen LogP contribution is -2.26. The van der Waals surface area contributed by atoms with Crippen LogP contribution < -0.4 is 10.2 Å². The molecule has 3 rings (SSSR count). The van der Waals surface area contributed by atoms with Gasteiger partial charge in [0.25, 0.3) is 0 Å². The van der Waals surface area contributed by atoms with Crippen LogP contribution in [0.5, 0.6) is 0 Å². The lowest BCUT2D eigenvalue weighted by Gasteiger charge is -2.24. The van der Waals surface area contributed by atoms with Gasteiger partial charge in [-0.3, -0.25) is 0 Å². The average molecular weight is 308 g/mol. The minimum Gasteiger partial charge on any atom is -0.349 e. The predicted molar refractivity (Wildman–Crippen MR) is 85.5 cm³/mol. The van der Waals surface area contributed by atoms with Gasteiger partial charge in [-0.25, -0.2) is 4.98 Å². The quantitative estimate of drug-likeness (QED) is 0.882. The zero-order valence-electron chi connectivity index (χ0n) is 11.5. The van der Waals surface area contributed by atoms with Crippen molar-refractivity contribution in [3.63, 3.8) is 0 Å². The highest BCUT2D eigenvalue weighted by molar-refractivity contribution is 7.07. The molecule has 0 aromatic carbocycles. The van der Waals surface area contributed by atoms with E-state index < -0.39 is 0 Å². The van der Waals surface area contributed by atoms with Crippen molar-refractivity contribution in [3.05, 3.63) is 45.2 Å². The Balaban J connectivity index is 1.85. The molecule has 1 N–H and O–H groups in total. The number of thiophene rings is 1. The molecule has 0 saturated heterocycles. The molecule has 106 valence electrons. The van der Waals surface area contributed by atoms with Crippen molar-refractivity contribution in [3.8, 4) is 0 Å². The molecule has 2 aromatic heterocycles. The summed E-state index contributed by atoms with van der Waals surface area (Å²) in [6, 6.07) is 4.93. The van der Waals surface area contributed by atoms with E-state index in [0.29, 0.717) is 6.04 Å². The zero-order valence-corrected chi connectivity index (χ0v) is 13.0. The molecule has 0 aliphatic heterocycles. The fourth-order valence-electron chi connectivity index (χ4n) is 2.31. The molecule has 1 aliphatic carbocycles. The third-order valence-electron chi connectivity index (χ3n) is 3.50. The summed E-state index contributed by atoms with van der Waals surface area (Å²) in [4.78, 5) is 6.93. The lowest BCUT2D eigenvalue weighted by molar-refractivity contribution is 0.771. The summed E-state index contributed by atoms with van der Waals surface area (Å²) in [5.74, 6) is 1.04. The van der Waals surface area contributed by atoms with Gasteiger partial charge in [-0.15, -0.1) is 0 Å². The maximum atomic E-state index is 6.20. The summed E-state index contributed by atoms with van der Waals surface area (Å²) < 4.78 is 0. The second-order valence-electron chi connectivity index (χ2n) is 5.15. The molecule has 2 heterocycles. The first-order valence-corrected chi connectivity index (χ1v) is 8.16. The number of pyridine rings is 1. The van der Waals surface area contributed by atoms with Crippen molar-refractivity contribution in [1.29, 1.82) is 0 Å². The van der Waals surface area contributed by atoms with Crippen molar-refractivity contribution in [1.82, 2.24) is 10.3 Å². The minimum atomic E-state index is 0.631. The highest BCUT2D eigenvalue weighted by atomic mass is 35.5. The van der Waals surface area contributed by atoms with Gasteiger partial charge in [-0.1, -0.05) is 11.6 Å². The van der Waals surface area contributed by atoms with Gasteiger partial charge in [0.15, 0.2) is 0 Å². The summed E-state index contributed by atoms with van der Waals surface area (Å²) in [6.07, 6.45) is 4.29. The fourth-order valence-corrected chi connectivity index (χ4v) is 3.14. The fraction of sp³-hybridized carbons (Fsp3) is 0.400. The van der Waals surface area contributed by atoms with E-state index in [-0.39, 0.29) is 0 Å². The summed E-state index contributed by atoms with van der Waals surface area (Å²) in [5, 5.41) is 8.22. The number of rotatable bonds is 6. The third kappa shape index (κ3) is 3.14. The minimum absolute atomic E-state index is 0.631. The molecule has 0 unspecified atom stereocenters. The van der Waals surface area contributed by atoms with E-state index in [2.05, 4.69) is 38.1 Å². The van der Waals surface area contributed by atoms with Crippen molar-refractivity contribution in [2.45, 2.75) is 32.0 Å². The van der Waals surface area contributed by atoms with Gasteiger partial charge < -0.3 is 10.2 Å². The Hall–Kier alpha value is -1.10. The Morgan fingerprint density at radius 2 is 2.35 bits per heavy atom. The number of halogens is 1. The summed E-state index contributed by atoms with van der Waals surface area (Å²) in [7, 11) is 1.93. The normalized spacial score (nSPS) is 14.5. The van der Waals surface area contributed by atoms with Gasteiger partial charge in [0.2, 0.25) is 0 Å². The van der Waals surface area contributed by atoms with Crippen LogP contribution in [0.3, 0.4) is 0 Å². The molecule has 1 saturated carbocycles. The molecular weight excluding hydrogens is 290 g/mol. The van der Waals surface area contributed by atoms with Gasteiger partial charge in [0.1, 0.15) is 5.82 Å². The van der Waals surface area contributed by atoms with Crippen LogP contribution in [0.2, 0.25) is 5.02 Å². The van der Waals surface area contributed by atoms with E-state index in [9.17, 15) is 0 Å². The maximum Gasteiger partial charge on any atom is 0.129 e. The SMILES string of the molecule is CNCc1cc(N(Cc2ccsc2)C2CC2)ncc1Cl. The Morgan fingerprint density at radius 3 is 3.00 bits per heavy atom. The van der Waals surface area contributed by atoms with Crippen LogP contribution in [-0.2, 0) is 13.1 Å². The van der Waals surface area contributed by atoms with E-state index in [1.807, 2.05) is 7.05 Å². The van der Waals surface area contributed by atoms with Crippen LogP contribution in [0.15, 0.2) is 29.1 Å². The standard InChI is InChI=1S/C15H18ClN3S/c1-17-7-12-6-15(18-8-14(12)16)19(13-2-3-13)9-11-4-5-20-10-11/h4-6,8,10,13,17H,2-3,7,9H2,1H3. The molecule has 5 heteroatoms. The first-order chi connectivity index (χ1) is 9.78. The van der Waals surface area contributed by atoms with Crippen LogP contribution in [0, 0.1) is 0 Å². The summed E-state index contributed by atoms with van der Waals surface area (Å²) in [6.45, 7) is 1.70. The molecule has 0 atom stereocenters. The Bertz CT molecular complexity index is 567. The summed E-state index contributed by atoms with van der Waals surface area (Å²) in [5.41, 5.74) is 2.46. The Kier molecular flexibility index (Phi) is 4.24. The molecule has 2 aromatic rings. The van der Waals surface area contributed by atoms with E-state index in [1.54, 1.807) is 17.5 Å². The molecule has 0 amide bonds. The smallest absolute Gasteiger partial charge is 0.129 e. The number of aromatic nitrogens is 1. The highest BCUT2D eigenvalue weighted by Crippen LogP contribution is 2.33.